The van der Waals surface area contributed by atoms with Crippen LogP contribution in [0.3, 0.4) is 0 Å². The Morgan fingerprint density at radius 1 is 1.73 bits per heavy atom. The van der Waals surface area contributed by atoms with E-state index in [1.807, 2.05) is 6.08 Å². The maximum atomic E-state index is 5.58. The summed E-state index contributed by atoms with van der Waals surface area (Å²) in [6, 6.07) is 0. The molecule has 0 aliphatic carbocycles. The fraction of sp³-hybridized carbons (Fsp3) is 0.778. The molecule has 1 nitrogen and oxygen atoms in total. The smallest absolute Gasteiger partial charge is 0.0615 e. The largest absolute Gasteiger partial charge is 0.378 e. The van der Waals surface area contributed by atoms with Crippen molar-refractivity contribution in [1.82, 2.24) is 0 Å². The monoisotopic (exact) mass is 218 g/mol. The van der Waals surface area contributed by atoms with Crippen LogP contribution in [0.25, 0.3) is 0 Å². The van der Waals surface area contributed by atoms with Gasteiger partial charge in [0, 0.05) is 11.9 Å². The van der Waals surface area contributed by atoms with Crippen LogP contribution in [0.2, 0.25) is 0 Å². The summed E-state index contributed by atoms with van der Waals surface area (Å²) in [6.07, 6.45) is 5.98. The Balaban J connectivity index is 2.33. The predicted molar refractivity (Wildman–Crippen MR) is 51.1 cm³/mol. The molecule has 2 unspecified atom stereocenters. The van der Waals surface area contributed by atoms with Crippen molar-refractivity contribution < 1.29 is 4.74 Å². The maximum absolute atomic E-state index is 5.58. The van der Waals surface area contributed by atoms with Crippen molar-refractivity contribution in [3.8, 4) is 0 Å². The first-order chi connectivity index (χ1) is 5.38. The predicted octanol–water partition coefficient (Wildman–Crippen LogP) is 2.75. The maximum Gasteiger partial charge on any atom is 0.0615 e. The van der Waals surface area contributed by atoms with E-state index in [1.165, 1.54) is 12.8 Å². The molecule has 1 rings (SSSR count). The molecule has 0 aromatic carbocycles. The summed E-state index contributed by atoms with van der Waals surface area (Å²) in [5.74, 6) is 0.634. The lowest BCUT2D eigenvalue weighted by Gasteiger charge is -2.18. The van der Waals surface area contributed by atoms with Gasteiger partial charge in [0.05, 0.1) is 6.10 Å². The van der Waals surface area contributed by atoms with Crippen LogP contribution in [0.1, 0.15) is 19.3 Å². The van der Waals surface area contributed by atoms with Gasteiger partial charge in [0.2, 0.25) is 0 Å². The Bertz CT molecular complexity index is 119. The average molecular weight is 219 g/mol. The molecule has 0 aromatic rings. The zero-order valence-corrected chi connectivity index (χ0v) is 8.35. The molecule has 0 bridgehead atoms. The van der Waals surface area contributed by atoms with Gasteiger partial charge in [-0.15, -0.1) is 6.58 Å². The van der Waals surface area contributed by atoms with Gasteiger partial charge in [0.1, 0.15) is 0 Å². The van der Waals surface area contributed by atoms with Crippen molar-refractivity contribution in [2.75, 3.05) is 11.9 Å². The molecule has 1 fully saturated rings. The minimum Gasteiger partial charge on any atom is -0.378 e. The summed E-state index contributed by atoms with van der Waals surface area (Å²) >= 11 is 3.50. The van der Waals surface area contributed by atoms with E-state index in [0.29, 0.717) is 12.0 Å². The molecule has 2 atom stereocenters. The fourth-order valence-corrected chi connectivity index (χ4v) is 2.18. The van der Waals surface area contributed by atoms with Gasteiger partial charge >= 0.3 is 0 Å². The SMILES string of the molecule is C=CCC(CBr)C1CCCO1. The van der Waals surface area contributed by atoms with Crippen LogP contribution in [0.15, 0.2) is 12.7 Å². The van der Waals surface area contributed by atoms with Crippen LogP contribution in [-0.2, 0) is 4.74 Å². The highest BCUT2D eigenvalue weighted by Crippen LogP contribution is 2.24. The molecule has 1 saturated heterocycles. The highest BCUT2D eigenvalue weighted by Gasteiger charge is 2.23. The molecule has 64 valence electrons. The lowest BCUT2D eigenvalue weighted by molar-refractivity contribution is 0.0725. The molecule has 11 heavy (non-hydrogen) atoms. The molecule has 1 aliphatic heterocycles. The lowest BCUT2D eigenvalue weighted by Crippen LogP contribution is -2.20. The van der Waals surface area contributed by atoms with Gasteiger partial charge < -0.3 is 4.74 Å². The first-order valence-electron chi connectivity index (χ1n) is 4.17. The van der Waals surface area contributed by atoms with Gasteiger partial charge in [-0.25, -0.2) is 0 Å². The van der Waals surface area contributed by atoms with Gasteiger partial charge in [0.15, 0.2) is 0 Å². The normalized spacial score (nSPS) is 26.8. The summed E-state index contributed by atoms with van der Waals surface area (Å²) < 4.78 is 5.58. The van der Waals surface area contributed by atoms with Gasteiger partial charge in [-0.2, -0.15) is 0 Å². The average Bonchev–Trinajstić information content (AvgIpc) is 2.52. The molecule has 0 amide bonds. The van der Waals surface area contributed by atoms with Crippen molar-refractivity contribution in [3.05, 3.63) is 12.7 Å². The number of halogens is 1. The third-order valence-electron chi connectivity index (χ3n) is 2.16. The summed E-state index contributed by atoms with van der Waals surface area (Å²) in [4.78, 5) is 0. The first-order valence-corrected chi connectivity index (χ1v) is 5.29. The zero-order valence-electron chi connectivity index (χ0n) is 6.76. The van der Waals surface area contributed by atoms with Crippen LogP contribution in [0, 0.1) is 5.92 Å². The minimum absolute atomic E-state index is 0.479. The quantitative estimate of drug-likeness (QED) is 0.521. The second-order valence-electron chi connectivity index (χ2n) is 2.99. The van der Waals surface area contributed by atoms with Gasteiger partial charge in [0.25, 0.3) is 0 Å². The molecular formula is C9H15BrO. The summed E-state index contributed by atoms with van der Waals surface area (Å²) in [5.41, 5.74) is 0. The van der Waals surface area contributed by atoms with Crippen LogP contribution in [0.5, 0.6) is 0 Å². The van der Waals surface area contributed by atoms with E-state index in [4.69, 9.17) is 4.74 Å². The molecule has 0 spiro atoms. The molecule has 2 heteroatoms. The molecule has 1 aliphatic rings. The Kier molecular flexibility index (Phi) is 4.16. The standard InChI is InChI=1S/C9H15BrO/c1-2-4-8(7-10)9-5-3-6-11-9/h2,8-9H,1,3-7H2. The van der Waals surface area contributed by atoms with E-state index in [0.717, 1.165) is 18.4 Å². The van der Waals surface area contributed by atoms with Crippen LogP contribution in [-0.4, -0.2) is 18.0 Å². The first kappa shape index (κ1) is 9.27. The number of hydrogen-bond donors (Lipinski definition) is 0. The number of allylic oxidation sites excluding steroid dienone is 1. The van der Waals surface area contributed by atoms with Gasteiger partial charge in [-0.05, 0) is 25.2 Å². The number of hydrogen-bond acceptors (Lipinski definition) is 1. The van der Waals surface area contributed by atoms with Gasteiger partial charge in [-0.1, -0.05) is 22.0 Å². The number of ether oxygens (including phenoxy) is 1. The Morgan fingerprint density at radius 3 is 3.00 bits per heavy atom. The highest BCUT2D eigenvalue weighted by atomic mass is 79.9. The molecular weight excluding hydrogens is 204 g/mol. The summed E-state index contributed by atoms with van der Waals surface area (Å²) in [5, 5.41) is 1.03. The second kappa shape index (κ2) is 4.94. The molecule has 1 heterocycles. The van der Waals surface area contributed by atoms with Crippen LogP contribution >= 0.6 is 15.9 Å². The molecule has 0 N–H and O–H groups in total. The number of alkyl halides is 1. The van der Waals surface area contributed by atoms with Crippen molar-refractivity contribution in [1.29, 1.82) is 0 Å². The van der Waals surface area contributed by atoms with Crippen molar-refractivity contribution in [2.24, 2.45) is 5.92 Å². The minimum atomic E-state index is 0.479. The third-order valence-corrected chi connectivity index (χ3v) is 2.99. The molecule has 0 aromatic heterocycles. The second-order valence-corrected chi connectivity index (χ2v) is 3.64. The van der Waals surface area contributed by atoms with E-state index in [1.54, 1.807) is 0 Å². The topological polar surface area (TPSA) is 9.23 Å². The van der Waals surface area contributed by atoms with Crippen LogP contribution < -0.4 is 0 Å². The van der Waals surface area contributed by atoms with E-state index >= 15 is 0 Å². The van der Waals surface area contributed by atoms with Gasteiger partial charge in [-0.3, -0.25) is 0 Å². The van der Waals surface area contributed by atoms with Crippen molar-refractivity contribution in [3.63, 3.8) is 0 Å². The summed E-state index contributed by atoms with van der Waals surface area (Å²) in [6.45, 7) is 4.69. The van der Waals surface area contributed by atoms with E-state index in [9.17, 15) is 0 Å². The number of rotatable bonds is 4. The third kappa shape index (κ3) is 2.60. The Morgan fingerprint density at radius 2 is 2.55 bits per heavy atom. The van der Waals surface area contributed by atoms with Crippen molar-refractivity contribution >= 4 is 15.9 Å². The van der Waals surface area contributed by atoms with E-state index in [-0.39, 0.29) is 0 Å². The molecule has 0 saturated carbocycles. The van der Waals surface area contributed by atoms with Crippen molar-refractivity contribution in [2.45, 2.75) is 25.4 Å². The Hall–Kier alpha value is 0.180. The lowest BCUT2D eigenvalue weighted by atomic mass is 9.99. The molecule has 0 radical (unpaired) electrons. The highest BCUT2D eigenvalue weighted by molar-refractivity contribution is 9.09. The zero-order chi connectivity index (χ0) is 8.10. The van der Waals surface area contributed by atoms with E-state index in [2.05, 4.69) is 22.5 Å². The van der Waals surface area contributed by atoms with Crippen LogP contribution in [0.4, 0.5) is 0 Å². The summed E-state index contributed by atoms with van der Waals surface area (Å²) in [7, 11) is 0. The fourth-order valence-electron chi connectivity index (χ4n) is 1.50. The Labute approximate surface area is 76.9 Å². The van der Waals surface area contributed by atoms with E-state index < -0.39 is 0 Å².